The third-order valence-electron chi connectivity index (χ3n) is 3.95. The van der Waals surface area contributed by atoms with Crippen LogP contribution in [0.3, 0.4) is 0 Å². The maximum absolute atomic E-state index is 12.7. The molecule has 130 valence electrons. The third kappa shape index (κ3) is 4.13. The smallest absolute Gasteiger partial charge is 0.282 e. The first-order chi connectivity index (χ1) is 11.0. The molecule has 0 atom stereocenters. The molecule has 1 aromatic heterocycles. The summed E-state index contributed by atoms with van der Waals surface area (Å²) >= 11 is 0. The molecule has 0 aromatic carbocycles. The SMILES string of the molecule is CCCN(CCC)S(=O)(=O)N1CCN(C(=O)c2ccc[nH]2)CC1. The highest BCUT2D eigenvalue weighted by atomic mass is 32.2. The second kappa shape index (κ2) is 7.94. The predicted molar refractivity (Wildman–Crippen MR) is 89.3 cm³/mol. The van der Waals surface area contributed by atoms with Gasteiger partial charge in [-0.25, -0.2) is 0 Å². The fourth-order valence-corrected chi connectivity index (χ4v) is 4.54. The van der Waals surface area contributed by atoms with Gasteiger partial charge in [-0.15, -0.1) is 0 Å². The number of amides is 1. The Morgan fingerprint density at radius 2 is 1.78 bits per heavy atom. The van der Waals surface area contributed by atoms with Crippen LogP contribution in [-0.4, -0.2) is 72.1 Å². The van der Waals surface area contributed by atoms with Crippen molar-refractivity contribution in [3.63, 3.8) is 0 Å². The number of piperazine rings is 1. The molecule has 0 aliphatic carbocycles. The van der Waals surface area contributed by atoms with Crippen molar-refractivity contribution in [1.82, 2.24) is 18.5 Å². The molecule has 23 heavy (non-hydrogen) atoms. The molecule has 1 N–H and O–H groups in total. The molecule has 8 heteroatoms. The van der Waals surface area contributed by atoms with E-state index < -0.39 is 10.2 Å². The molecule has 1 aliphatic rings. The summed E-state index contributed by atoms with van der Waals surface area (Å²) in [5.74, 6) is -0.0778. The molecule has 1 aromatic rings. The van der Waals surface area contributed by atoms with E-state index in [1.54, 1.807) is 27.5 Å². The van der Waals surface area contributed by atoms with Crippen LogP contribution < -0.4 is 0 Å². The maximum Gasteiger partial charge on any atom is 0.282 e. The minimum Gasteiger partial charge on any atom is -0.357 e. The first kappa shape index (κ1) is 18.0. The molecule has 2 rings (SSSR count). The number of nitrogens with zero attached hydrogens (tertiary/aromatic N) is 3. The minimum absolute atomic E-state index is 0.0778. The second-order valence-corrected chi connectivity index (χ2v) is 7.61. The van der Waals surface area contributed by atoms with Crippen LogP contribution >= 0.6 is 0 Å². The summed E-state index contributed by atoms with van der Waals surface area (Å²) in [5, 5.41) is 0. The van der Waals surface area contributed by atoms with E-state index in [9.17, 15) is 13.2 Å². The summed E-state index contributed by atoms with van der Waals surface area (Å²) in [6.07, 6.45) is 3.30. The zero-order valence-electron chi connectivity index (χ0n) is 13.9. The predicted octanol–water partition coefficient (Wildman–Crippen LogP) is 1.14. The van der Waals surface area contributed by atoms with Gasteiger partial charge in [-0.3, -0.25) is 4.79 Å². The highest BCUT2D eigenvalue weighted by molar-refractivity contribution is 7.86. The Morgan fingerprint density at radius 3 is 2.26 bits per heavy atom. The van der Waals surface area contributed by atoms with Gasteiger partial charge < -0.3 is 9.88 Å². The molecule has 1 fully saturated rings. The van der Waals surface area contributed by atoms with Gasteiger partial charge in [0.15, 0.2) is 0 Å². The van der Waals surface area contributed by atoms with Crippen molar-refractivity contribution >= 4 is 16.1 Å². The van der Waals surface area contributed by atoms with Crippen LogP contribution in [0.15, 0.2) is 18.3 Å². The summed E-state index contributed by atoms with van der Waals surface area (Å²) in [5.41, 5.74) is 0.542. The summed E-state index contributed by atoms with van der Waals surface area (Å²) in [6, 6.07) is 3.51. The van der Waals surface area contributed by atoms with Crippen LogP contribution in [0, 0.1) is 0 Å². The summed E-state index contributed by atoms with van der Waals surface area (Å²) in [4.78, 5) is 16.9. The van der Waals surface area contributed by atoms with Crippen LogP contribution in [0.4, 0.5) is 0 Å². The number of hydrogen-bond acceptors (Lipinski definition) is 3. The number of aromatic amines is 1. The van der Waals surface area contributed by atoms with Crippen LogP contribution in [0.1, 0.15) is 37.2 Å². The van der Waals surface area contributed by atoms with E-state index in [0.717, 1.165) is 12.8 Å². The highest BCUT2D eigenvalue weighted by Gasteiger charge is 2.33. The number of nitrogens with one attached hydrogen (secondary N) is 1. The molecule has 1 amide bonds. The topological polar surface area (TPSA) is 76.7 Å². The van der Waals surface area contributed by atoms with E-state index in [-0.39, 0.29) is 5.91 Å². The van der Waals surface area contributed by atoms with Crippen molar-refractivity contribution < 1.29 is 13.2 Å². The maximum atomic E-state index is 12.7. The molecule has 1 saturated heterocycles. The Kier molecular flexibility index (Phi) is 6.20. The van der Waals surface area contributed by atoms with Gasteiger partial charge in [-0.2, -0.15) is 17.0 Å². The van der Waals surface area contributed by atoms with E-state index in [1.165, 1.54) is 4.31 Å². The highest BCUT2D eigenvalue weighted by Crippen LogP contribution is 2.15. The number of hydrogen-bond donors (Lipinski definition) is 1. The lowest BCUT2D eigenvalue weighted by molar-refractivity contribution is 0.0689. The number of aromatic nitrogens is 1. The molecular formula is C15H26N4O3S. The minimum atomic E-state index is -3.43. The standard InChI is InChI=1S/C15H26N4O3S/c1-3-8-18(9-4-2)23(21,22)19-12-10-17(11-13-19)15(20)14-6-5-7-16-14/h5-7,16H,3-4,8-13H2,1-2H3. The Hall–Kier alpha value is -1.38. The van der Waals surface area contributed by atoms with E-state index in [4.69, 9.17) is 0 Å². The van der Waals surface area contributed by atoms with Gasteiger partial charge in [0.25, 0.3) is 16.1 Å². The third-order valence-corrected chi connectivity index (χ3v) is 5.99. The number of carbonyl (C=O) groups is 1. The first-order valence-corrected chi connectivity index (χ1v) is 9.58. The van der Waals surface area contributed by atoms with Crippen molar-refractivity contribution in [3.8, 4) is 0 Å². The number of H-pyrrole nitrogens is 1. The van der Waals surface area contributed by atoms with Gasteiger partial charge in [-0.1, -0.05) is 13.8 Å². The Balaban J connectivity index is 1.98. The lowest BCUT2D eigenvalue weighted by Gasteiger charge is -2.36. The molecule has 7 nitrogen and oxygen atoms in total. The molecule has 0 spiro atoms. The van der Waals surface area contributed by atoms with E-state index >= 15 is 0 Å². The zero-order valence-corrected chi connectivity index (χ0v) is 14.7. The van der Waals surface area contributed by atoms with E-state index in [0.29, 0.717) is 45.0 Å². The Bertz CT molecular complexity index is 586. The summed E-state index contributed by atoms with van der Waals surface area (Å²) in [6.45, 7) is 6.57. The average Bonchev–Trinajstić information content (AvgIpc) is 3.08. The van der Waals surface area contributed by atoms with Crippen LogP contribution in [0.2, 0.25) is 0 Å². The Morgan fingerprint density at radius 1 is 1.17 bits per heavy atom. The van der Waals surface area contributed by atoms with Crippen molar-refractivity contribution in [2.45, 2.75) is 26.7 Å². The van der Waals surface area contributed by atoms with Crippen molar-refractivity contribution in [1.29, 1.82) is 0 Å². The normalized spacial score (nSPS) is 16.9. The molecular weight excluding hydrogens is 316 g/mol. The summed E-state index contributed by atoms with van der Waals surface area (Å²) in [7, 11) is -3.43. The van der Waals surface area contributed by atoms with Crippen LogP contribution in [0.5, 0.6) is 0 Å². The van der Waals surface area contributed by atoms with Gasteiger partial charge in [0.2, 0.25) is 0 Å². The van der Waals surface area contributed by atoms with Crippen molar-refractivity contribution in [2.75, 3.05) is 39.3 Å². The quantitative estimate of drug-likeness (QED) is 0.807. The van der Waals surface area contributed by atoms with Crippen LogP contribution in [0.25, 0.3) is 0 Å². The molecule has 0 radical (unpaired) electrons. The molecule has 0 bridgehead atoms. The largest absolute Gasteiger partial charge is 0.357 e. The molecule has 0 saturated carbocycles. The van der Waals surface area contributed by atoms with Crippen molar-refractivity contribution in [3.05, 3.63) is 24.0 Å². The average molecular weight is 342 g/mol. The number of rotatable bonds is 7. The first-order valence-electron chi connectivity index (χ1n) is 8.18. The molecule has 1 aliphatic heterocycles. The Labute approximate surface area is 138 Å². The van der Waals surface area contributed by atoms with E-state index in [1.807, 2.05) is 13.8 Å². The molecule has 0 unspecified atom stereocenters. The van der Waals surface area contributed by atoms with Gasteiger partial charge in [-0.05, 0) is 25.0 Å². The fourth-order valence-electron chi connectivity index (χ4n) is 2.76. The summed E-state index contributed by atoms with van der Waals surface area (Å²) < 4.78 is 28.5. The second-order valence-electron chi connectivity index (χ2n) is 5.68. The lowest BCUT2D eigenvalue weighted by atomic mass is 10.3. The van der Waals surface area contributed by atoms with Crippen molar-refractivity contribution in [2.24, 2.45) is 0 Å². The fraction of sp³-hybridized carbons (Fsp3) is 0.667. The monoisotopic (exact) mass is 342 g/mol. The van der Waals surface area contributed by atoms with Gasteiger partial charge in [0.1, 0.15) is 5.69 Å². The molecule has 2 heterocycles. The zero-order chi connectivity index (χ0) is 16.9. The number of carbonyl (C=O) groups excluding carboxylic acids is 1. The van der Waals surface area contributed by atoms with E-state index in [2.05, 4.69) is 4.98 Å². The lowest BCUT2D eigenvalue weighted by Crippen LogP contribution is -2.54. The van der Waals surface area contributed by atoms with Gasteiger partial charge >= 0.3 is 0 Å². The van der Waals surface area contributed by atoms with Crippen LogP contribution in [-0.2, 0) is 10.2 Å². The van der Waals surface area contributed by atoms with Gasteiger partial charge in [0.05, 0.1) is 0 Å². The van der Waals surface area contributed by atoms with Gasteiger partial charge in [0, 0.05) is 45.5 Å².